The molecule has 0 amide bonds. The van der Waals surface area contributed by atoms with Crippen LogP contribution < -0.4 is 5.32 Å². The van der Waals surface area contributed by atoms with Gasteiger partial charge in [-0.25, -0.2) is 0 Å². The highest BCUT2D eigenvalue weighted by Crippen LogP contribution is 2.13. The maximum Gasteiger partial charge on any atom is 0.0406 e. The molecular formula is C9H10ClN. The minimum absolute atomic E-state index is 0.719. The van der Waals surface area contributed by atoms with Gasteiger partial charge in [0, 0.05) is 17.6 Å². The molecular weight excluding hydrogens is 158 g/mol. The second-order valence-electron chi connectivity index (χ2n) is 2.94. The molecule has 0 spiro atoms. The fraction of sp³-hybridized carbons (Fsp3) is 0.333. The zero-order valence-electron chi connectivity index (χ0n) is 6.18. The van der Waals surface area contributed by atoms with E-state index in [-0.39, 0.29) is 0 Å². The van der Waals surface area contributed by atoms with E-state index in [4.69, 9.17) is 11.6 Å². The SMILES string of the molecule is Clc1ccc(CC2CN2)cc1. The van der Waals surface area contributed by atoms with Crippen LogP contribution in [0.4, 0.5) is 0 Å². The van der Waals surface area contributed by atoms with Gasteiger partial charge in [0.1, 0.15) is 0 Å². The van der Waals surface area contributed by atoms with Crippen molar-refractivity contribution in [2.45, 2.75) is 12.5 Å². The number of halogens is 1. The number of benzene rings is 1. The Morgan fingerprint density at radius 3 is 2.55 bits per heavy atom. The van der Waals surface area contributed by atoms with Crippen LogP contribution in [-0.4, -0.2) is 12.6 Å². The van der Waals surface area contributed by atoms with E-state index < -0.39 is 0 Å². The van der Waals surface area contributed by atoms with Crippen molar-refractivity contribution in [2.75, 3.05) is 6.54 Å². The quantitative estimate of drug-likeness (QED) is 0.668. The van der Waals surface area contributed by atoms with Crippen molar-refractivity contribution in [2.24, 2.45) is 0 Å². The van der Waals surface area contributed by atoms with Gasteiger partial charge in [-0.2, -0.15) is 0 Å². The first-order valence-electron chi connectivity index (χ1n) is 3.82. The standard InChI is InChI=1S/C9H10ClN/c10-8-3-1-7(2-4-8)5-9-6-11-9/h1-4,9,11H,5-6H2. The summed E-state index contributed by atoms with van der Waals surface area (Å²) < 4.78 is 0. The van der Waals surface area contributed by atoms with E-state index in [0.717, 1.165) is 17.5 Å². The van der Waals surface area contributed by atoms with E-state index in [1.54, 1.807) is 0 Å². The molecule has 1 nitrogen and oxygen atoms in total. The Morgan fingerprint density at radius 1 is 1.36 bits per heavy atom. The highest BCUT2D eigenvalue weighted by atomic mass is 35.5. The van der Waals surface area contributed by atoms with E-state index >= 15 is 0 Å². The molecule has 0 radical (unpaired) electrons. The maximum absolute atomic E-state index is 5.75. The van der Waals surface area contributed by atoms with Crippen molar-refractivity contribution >= 4 is 11.6 Å². The van der Waals surface area contributed by atoms with Gasteiger partial charge in [-0.15, -0.1) is 0 Å². The van der Waals surface area contributed by atoms with E-state index in [9.17, 15) is 0 Å². The molecule has 1 saturated heterocycles. The van der Waals surface area contributed by atoms with E-state index in [2.05, 4.69) is 17.4 Å². The molecule has 11 heavy (non-hydrogen) atoms. The lowest BCUT2D eigenvalue weighted by Gasteiger charge is -1.96. The third-order valence-corrected chi connectivity index (χ3v) is 2.14. The first kappa shape index (κ1) is 7.14. The highest BCUT2D eigenvalue weighted by molar-refractivity contribution is 6.30. The third-order valence-electron chi connectivity index (χ3n) is 1.89. The van der Waals surface area contributed by atoms with Crippen molar-refractivity contribution in [1.29, 1.82) is 0 Å². The predicted molar refractivity (Wildman–Crippen MR) is 46.9 cm³/mol. The van der Waals surface area contributed by atoms with Crippen LogP contribution in [0.25, 0.3) is 0 Å². The predicted octanol–water partition coefficient (Wildman–Crippen LogP) is 1.85. The monoisotopic (exact) mass is 167 g/mol. The summed E-state index contributed by atoms with van der Waals surface area (Å²) >= 11 is 5.75. The van der Waals surface area contributed by atoms with Crippen LogP contribution in [0.1, 0.15) is 5.56 Å². The molecule has 1 aromatic rings. The van der Waals surface area contributed by atoms with Crippen molar-refractivity contribution in [3.05, 3.63) is 34.9 Å². The molecule has 1 atom stereocenters. The molecule has 1 unspecified atom stereocenters. The van der Waals surface area contributed by atoms with Gasteiger partial charge in [0.05, 0.1) is 0 Å². The van der Waals surface area contributed by atoms with Crippen molar-refractivity contribution in [3.63, 3.8) is 0 Å². The molecule has 2 rings (SSSR count). The third kappa shape index (κ3) is 1.95. The highest BCUT2D eigenvalue weighted by Gasteiger charge is 2.19. The van der Waals surface area contributed by atoms with E-state index in [1.807, 2.05) is 12.1 Å². The zero-order chi connectivity index (χ0) is 7.68. The summed E-state index contributed by atoms with van der Waals surface area (Å²) in [7, 11) is 0. The lowest BCUT2D eigenvalue weighted by molar-refractivity contribution is 0.930. The Labute approximate surface area is 71.4 Å². The van der Waals surface area contributed by atoms with Crippen LogP contribution in [0.2, 0.25) is 5.02 Å². The molecule has 0 saturated carbocycles. The summed E-state index contributed by atoms with van der Waals surface area (Å²) in [5.41, 5.74) is 1.37. The second kappa shape index (κ2) is 2.84. The second-order valence-corrected chi connectivity index (χ2v) is 3.37. The lowest BCUT2D eigenvalue weighted by atomic mass is 10.1. The smallest absolute Gasteiger partial charge is 0.0406 e. The van der Waals surface area contributed by atoms with Gasteiger partial charge in [-0.1, -0.05) is 23.7 Å². The Hall–Kier alpha value is -0.530. The van der Waals surface area contributed by atoms with Crippen LogP contribution in [-0.2, 0) is 6.42 Å². The number of hydrogen-bond acceptors (Lipinski definition) is 1. The number of hydrogen-bond donors (Lipinski definition) is 1. The normalized spacial score (nSPS) is 21.7. The van der Waals surface area contributed by atoms with Crippen molar-refractivity contribution in [3.8, 4) is 0 Å². The molecule has 0 bridgehead atoms. The Bertz CT molecular complexity index is 238. The lowest BCUT2D eigenvalue weighted by Crippen LogP contribution is -1.95. The van der Waals surface area contributed by atoms with Crippen LogP contribution in [0.15, 0.2) is 24.3 Å². The summed E-state index contributed by atoms with van der Waals surface area (Å²) in [6.07, 6.45) is 1.14. The van der Waals surface area contributed by atoms with Crippen LogP contribution in [0.3, 0.4) is 0 Å². The minimum Gasteiger partial charge on any atom is -0.311 e. The van der Waals surface area contributed by atoms with Crippen LogP contribution >= 0.6 is 11.6 Å². The molecule has 2 heteroatoms. The summed E-state index contributed by atoms with van der Waals surface area (Å²) in [6.45, 7) is 1.17. The summed E-state index contributed by atoms with van der Waals surface area (Å²) in [4.78, 5) is 0. The average Bonchev–Trinajstić information content (AvgIpc) is 2.78. The fourth-order valence-electron chi connectivity index (χ4n) is 1.13. The van der Waals surface area contributed by atoms with Gasteiger partial charge in [-0.05, 0) is 24.1 Å². The number of nitrogens with one attached hydrogen (secondary N) is 1. The maximum atomic E-state index is 5.75. The fourth-order valence-corrected chi connectivity index (χ4v) is 1.26. The first-order valence-corrected chi connectivity index (χ1v) is 4.20. The van der Waals surface area contributed by atoms with Crippen molar-refractivity contribution < 1.29 is 0 Å². The van der Waals surface area contributed by atoms with Gasteiger partial charge in [0.25, 0.3) is 0 Å². The van der Waals surface area contributed by atoms with E-state index in [1.165, 1.54) is 12.1 Å². The molecule has 1 aromatic carbocycles. The average molecular weight is 168 g/mol. The summed E-state index contributed by atoms with van der Waals surface area (Å²) in [5, 5.41) is 4.08. The minimum atomic E-state index is 0.719. The molecule has 1 aliphatic rings. The Morgan fingerprint density at radius 2 is 2.00 bits per heavy atom. The Kier molecular flexibility index (Phi) is 1.84. The molecule has 0 aromatic heterocycles. The summed E-state index contributed by atoms with van der Waals surface area (Å²) in [6, 6.07) is 8.78. The first-order chi connectivity index (χ1) is 5.34. The van der Waals surface area contributed by atoms with E-state index in [0.29, 0.717) is 0 Å². The molecule has 58 valence electrons. The van der Waals surface area contributed by atoms with Gasteiger partial charge in [0.2, 0.25) is 0 Å². The zero-order valence-corrected chi connectivity index (χ0v) is 6.93. The van der Waals surface area contributed by atoms with Crippen LogP contribution in [0, 0.1) is 0 Å². The molecule has 1 fully saturated rings. The molecule has 1 N–H and O–H groups in total. The number of rotatable bonds is 2. The molecule has 1 aliphatic heterocycles. The van der Waals surface area contributed by atoms with Gasteiger partial charge in [0.15, 0.2) is 0 Å². The van der Waals surface area contributed by atoms with Crippen molar-refractivity contribution in [1.82, 2.24) is 5.32 Å². The Balaban J connectivity index is 2.06. The largest absolute Gasteiger partial charge is 0.311 e. The van der Waals surface area contributed by atoms with Gasteiger partial charge >= 0.3 is 0 Å². The summed E-state index contributed by atoms with van der Waals surface area (Å²) in [5.74, 6) is 0. The molecule has 0 aliphatic carbocycles. The molecule has 1 heterocycles. The van der Waals surface area contributed by atoms with Gasteiger partial charge < -0.3 is 5.32 Å². The topological polar surface area (TPSA) is 21.9 Å². The van der Waals surface area contributed by atoms with Crippen LogP contribution in [0.5, 0.6) is 0 Å². The van der Waals surface area contributed by atoms with Gasteiger partial charge in [-0.3, -0.25) is 0 Å².